The summed E-state index contributed by atoms with van der Waals surface area (Å²) in [5.41, 5.74) is 1.92. The van der Waals surface area contributed by atoms with Crippen molar-refractivity contribution in [3.8, 4) is 0 Å². The maximum atomic E-state index is 11.5. The molecule has 2 aliphatic rings. The Balaban J connectivity index is 1.80. The number of hydrogen-bond acceptors (Lipinski definition) is 5. The van der Waals surface area contributed by atoms with E-state index in [4.69, 9.17) is 0 Å². The Kier molecular flexibility index (Phi) is 4.41. The summed E-state index contributed by atoms with van der Waals surface area (Å²) in [5.74, 6) is -0.674. The van der Waals surface area contributed by atoms with Gasteiger partial charge in [-0.05, 0) is 67.7 Å². The van der Waals surface area contributed by atoms with Gasteiger partial charge in [0.2, 0.25) is 0 Å². The van der Waals surface area contributed by atoms with Crippen molar-refractivity contribution in [1.29, 1.82) is 0 Å². The molecule has 5 nitrogen and oxygen atoms in total. The molecule has 1 fully saturated rings. The lowest BCUT2D eigenvalue weighted by Gasteiger charge is -2.54. The summed E-state index contributed by atoms with van der Waals surface area (Å²) >= 11 is 1.38. The number of nitrogens with zero attached hydrogens (tertiary/aromatic N) is 1. The Morgan fingerprint density at radius 3 is 2.78 bits per heavy atom. The van der Waals surface area contributed by atoms with Gasteiger partial charge in [-0.2, -0.15) is 0 Å². The normalized spacial score (nSPS) is 32.6. The number of benzene rings is 1. The van der Waals surface area contributed by atoms with E-state index in [1.807, 2.05) is 18.4 Å². The lowest BCUT2D eigenvalue weighted by molar-refractivity contribution is -0.146. The molecule has 1 aromatic carbocycles. The van der Waals surface area contributed by atoms with E-state index in [0.717, 1.165) is 36.0 Å². The van der Waals surface area contributed by atoms with Crippen LogP contribution in [0.4, 0.5) is 0 Å². The minimum atomic E-state index is -1.30. The van der Waals surface area contributed by atoms with Gasteiger partial charge in [0.25, 0.3) is 0 Å². The lowest BCUT2D eigenvalue weighted by atomic mass is 9.52. The van der Waals surface area contributed by atoms with E-state index in [9.17, 15) is 20.1 Å². The first kappa shape index (κ1) is 18.6. The van der Waals surface area contributed by atoms with Crippen LogP contribution in [0.1, 0.15) is 64.7 Å². The first-order chi connectivity index (χ1) is 12.8. The van der Waals surface area contributed by atoms with Gasteiger partial charge in [-0.25, -0.2) is 9.78 Å². The molecule has 0 spiro atoms. The number of aliphatic hydroxyl groups is 2. The fraction of sp³-hybridized carbons (Fsp3) is 0.524. The number of fused-ring (bicyclic) bond motifs is 3. The van der Waals surface area contributed by atoms with Gasteiger partial charge in [-0.3, -0.25) is 0 Å². The van der Waals surface area contributed by atoms with Gasteiger partial charge in [0.1, 0.15) is 10.6 Å². The number of carboxylic acids is 1. The van der Waals surface area contributed by atoms with Crippen LogP contribution in [0, 0.1) is 12.8 Å². The van der Waals surface area contributed by atoms with Crippen molar-refractivity contribution in [2.75, 3.05) is 0 Å². The highest BCUT2D eigenvalue weighted by Gasteiger charge is 2.56. The molecule has 1 aromatic heterocycles. The third-order valence-corrected chi connectivity index (χ3v) is 7.93. The molecule has 1 heterocycles. The summed E-state index contributed by atoms with van der Waals surface area (Å²) in [6.07, 6.45) is 4.24. The molecule has 4 unspecified atom stereocenters. The van der Waals surface area contributed by atoms with E-state index in [-0.39, 0.29) is 11.3 Å². The van der Waals surface area contributed by atoms with Gasteiger partial charge in [0.05, 0.1) is 11.7 Å². The summed E-state index contributed by atoms with van der Waals surface area (Å²) in [7, 11) is 0. The second-order valence-corrected chi connectivity index (χ2v) is 8.89. The van der Waals surface area contributed by atoms with Gasteiger partial charge < -0.3 is 15.3 Å². The largest absolute Gasteiger partial charge is 0.478 e. The molecule has 0 aliphatic heterocycles. The van der Waals surface area contributed by atoms with E-state index >= 15 is 0 Å². The van der Waals surface area contributed by atoms with Crippen molar-refractivity contribution in [2.45, 2.75) is 63.1 Å². The highest BCUT2D eigenvalue weighted by molar-refractivity contribution is 7.09. The van der Waals surface area contributed by atoms with Crippen LogP contribution >= 0.6 is 11.3 Å². The molecule has 1 saturated carbocycles. The predicted molar refractivity (Wildman–Crippen MR) is 103 cm³/mol. The van der Waals surface area contributed by atoms with Crippen LogP contribution < -0.4 is 0 Å². The fourth-order valence-corrected chi connectivity index (χ4v) is 6.28. The molecule has 3 N–H and O–H groups in total. The van der Waals surface area contributed by atoms with Crippen LogP contribution in [0.3, 0.4) is 0 Å². The van der Waals surface area contributed by atoms with Crippen LogP contribution in [0.2, 0.25) is 0 Å². The van der Waals surface area contributed by atoms with Crippen molar-refractivity contribution in [3.05, 3.63) is 51.0 Å². The number of rotatable bonds is 3. The second-order valence-electron chi connectivity index (χ2n) is 8.00. The van der Waals surface area contributed by atoms with E-state index in [1.54, 1.807) is 12.3 Å². The molecular formula is C21H25NO4S. The third-order valence-electron chi connectivity index (χ3n) is 6.99. The Morgan fingerprint density at radius 2 is 2.15 bits per heavy atom. The van der Waals surface area contributed by atoms with Crippen molar-refractivity contribution in [1.82, 2.24) is 4.98 Å². The predicted octanol–water partition coefficient (Wildman–Crippen LogP) is 3.40. The van der Waals surface area contributed by atoms with E-state index in [2.05, 4.69) is 11.9 Å². The van der Waals surface area contributed by atoms with Crippen molar-refractivity contribution < 1.29 is 20.1 Å². The molecule has 0 amide bonds. The molecule has 4 rings (SSSR count). The van der Waals surface area contributed by atoms with Crippen LogP contribution in [0.5, 0.6) is 0 Å². The first-order valence-electron chi connectivity index (χ1n) is 9.50. The Hall–Kier alpha value is -1.76. The van der Waals surface area contributed by atoms with Crippen LogP contribution in [-0.4, -0.2) is 32.4 Å². The van der Waals surface area contributed by atoms with Gasteiger partial charge >= 0.3 is 5.97 Å². The molecule has 2 aromatic rings. The average molecular weight is 388 g/mol. The molecule has 0 radical (unpaired) electrons. The van der Waals surface area contributed by atoms with E-state index in [1.165, 1.54) is 11.3 Å². The summed E-state index contributed by atoms with van der Waals surface area (Å²) in [5, 5.41) is 34.2. The number of aliphatic hydroxyl groups excluding tert-OH is 1. The third kappa shape index (κ3) is 2.57. The standard InChI is InChI=1S/C21H25NO4S/c1-3-20-11-17(23)21(26,19-22-8-9-27-19)10-13(20)4-5-14-12(2)15(18(24)25)6-7-16(14)20/h6-9,13,17,23,26H,3-5,10-11H2,1-2H3,(H,24,25). The number of aromatic nitrogens is 1. The van der Waals surface area contributed by atoms with Crippen molar-refractivity contribution in [2.24, 2.45) is 5.92 Å². The number of carboxylic acid groups (broad SMARTS) is 1. The molecule has 0 bridgehead atoms. The Labute approximate surface area is 162 Å². The number of thiazole rings is 1. The van der Waals surface area contributed by atoms with Gasteiger partial charge in [0.15, 0.2) is 0 Å². The molecular weight excluding hydrogens is 362 g/mol. The molecule has 2 aliphatic carbocycles. The maximum absolute atomic E-state index is 11.5. The van der Waals surface area contributed by atoms with Crippen LogP contribution in [0.25, 0.3) is 0 Å². The highest BCUT2D eigenvalue weighted by Crippen LogP contribution is 2.57. The summed E-state index contributed by atoms with van der Waals surface area (Å²) in [6.45, 7) is 4.01. The van der Waals surface area contributed by atoms with Crippen molar-refractivity contribution >= 4 is 17.3 Å². The quantitative estimate of drug-likeness (QED) is 0.751. The fourth-order valence-electron chi connectivity index (χ4n) is 5.48. The summed E-state index contributed by atoms with van der Waals surface area (Å²) in [4.78, 5) is 15.8. The number of aromatic carboxylic acids is 1. The summed E-state index contributed by atoms with van der Waals surface area (Å²) in [6, 6.07) is 3.65. The molecule has 0 saturated heterocycles. The zero-order valence-corrected chi connectivity index (χ0v) is 16.4. The minimum absolute atomic E-state index is 0.224. The zero-order chi connectivity index (χ0) is 19.4. The molecule has 27 heavy (non-hydrogen) atoms. The Morgan fingerprint density at radius 1 is 1.37 bits per heavy atom. The number of hydrogen-bond donors (Lipinski definition) is 3. The van der Waals surface area contributed by atoms with E-state index in [0.29, 0.717) is 23.4 Å². The molecule has 4 atom stereocenters. The van der Waals surface area contributed by atoms with Gasteiger partial charge in [-0.1, -0.05) is 13.0 Å². The summed E-state index contributed by atoms with van der Waals surface area (Å²) < 4.78 is 0. The van der Waals surface area contributed by atoms with Crippen LogP contribution in [-0.2, 0) is 17.4 Å². The van der Waals surface area contributed by atoms with Crippen molar-refractivity contribution in [3.63, 3.8) is 0 Å². The topological polar surface area (TPSA) is 90.7 Å². The second kappa shape index (κ2) is 6.40. The lowest BCUT2D eigenvalue weighted by Crippen LogP contribution is -2.56. The zero-order valence-electron chi connectivity index (χ0n) is 15.6. The average Bonchev–Trinajstić information content (AvgIpc) is 3.18. The van der Waals surface area contributed by atoms with Gasteiger partial charge in [0, 0.05) is 17.0 Å². The Bertz CT molecular complexity index is 881. The number of carbonyl (C=O) groups is 1. The first-order valence-corrected chi connectivity index (χ1v) is 10.4. The molecule has 144 valence electrons. The van der Waals surface area contributed by atoms with Gasteiger partial charge in [-0.15, -0.1) is 11.3 Å². The smallest absolute Gasteiger partial charge is 0.335 e. The van der Waals surface area contributed by atoms with E-state index < -0.39 is 17.7 Å². The highest BCUT2D eigenvalue weighted by atomic mass is 32.1. The maximum Gasteiger partial charge on any atom is 0.335 e. The monoisotopic (exact) mass is 387 g/mol. The van der Waals surface area contributed by atoms with Crippen LogP contribution in [0.15, 0.2) is 23.7 Å². The minimum Gasteiger partial charge on any atom is -0.478 e. The SMILES string of the molecule is CCC12CC(O)C(O)(c3nccs3)CC1CCc1c2ccc(C(=O)O)c1C. The molecule has 6 heteroatoms.